The lowest BCUT2D eigenvalue weighted by molar-refractivity contribution is 0.102. The lowest BCUT2D eigenvalue weighted by Gasteiger charge is -2.41. The molecular weight excluding hydrogens is 416 g/mol. The van der Waals surface area contributed by atoms with Gasteiger partial charge in [0.1, 0.15) is 5.75 Å². The van der Waals surface area contributed by atoms with Gasteiger partial charge >= 0.3 is 0 Å². The van der Waals surface area contributed by atoms with Gasteiger partial charge in [-0.25, -0.2) is 0 Å². The van der Waals surface area contributed by atoms with E-state index >= 15 is 0 Å². The van der Waals surface area contributed by atoms with Crippen LogP contribution >= 0.6 is 15.9 Å². The molecule has 5 heteroatoms. The van der Waals surface area contributed by atoms with Crippen LogP contribution in [-0.2, 0) is 12.0 Å². The third-order valence-corrected chi connectivity index (χ3v) is 6.57. The Morgan fingerprint density at radius 3 is 2.79 bits per heavy atom. The fourth-order valence-corrected chi connectivity index (χ4v) is 4.98. The van der Waals surface area contributed by atoms with Crippen LogP contribution in [0.25, 0.3) is 0 Å². The second kappa shape index (κ2) is 7.53. The maximum Gasteiger partial charge on any atom is 0.255 e. The molecule has 1 saturated heterocycles. The number of amides is 1. The number of carbonyl (C=O) groups excluding carboxylic acids is 1. The van der Waals surface area contributed by atoms with Gasteiger partial charge in [-0.2, -0.15) is 0 Å². The largest absolute Gasteiger partial charge is 0.490 e. The Labute approximate surface area is 175 Å². The van der Waals surface area contributed by atoms with Crippen molar-refractivity contribution in [1.82, 2.24) is 4.90 Å². The van der Waals surface area contributed by atoms with Crippen LogP contribution in [0, 0.1) is 0 Å². The number of nitrogens with one attached hydrogen (secondary N) is 1. The molecule has 0 spiro atoms. The van der Waals surface area contributed by atoms with Crippen molar-refractivity contribution in [2.45, 2.75) is 51.7 Å². The molecule has 0 bridgehead atoms. The second-order valence-corrected chi connectivity index (χ2v) is 9.11. The van der Waals surface area contributed by atoms with Crippen LogP contribution in [0.5, 0.6) is 5.75 Å². The molecule has 2 aliphatic rings. The summed E-state index contributed by atoms with van der Waals surface area (Å²) in [5, 5.41) is 3.07. The van der Waals surface area contributed by atoms with Gasteiger partial charge in [0.25, 0.3) is 5.91 Å². The standard InChI is InChI=1S/C23H27BrN2O2/c1-15(2)28-21-8-6-17(13-20(21)24)22(27)25-18-7-5-16-9-12-26-11-4-10-23(26,3)19(16)14-18/h5-8,13-15H,4,9-12H2,1-3H3,(H,25,27). The van der Waals surface area contributed by atoms with Crippen LogP contribution in [0.15, 0.2) is 40.9 Å². The van der Waals surface area contributed by atoms with E-state index in [1.165, 1.54) is 30.5 Å². The molecule has 1 fully saturated rings. The Morgan fingerprint density at radius 2 is 2.04 bits per heavy atom. The summed E-state index contributed by atoms with van der Waals surface area (Å²) in [4.78, 5) is 15.4. The predicted molar refractivity (Wildman–Crippen MR) is 116 cm³/mol. The molecule has 0 aromatic heterocycles. The molecule has 2 aromatic carbocycles. The van der Waals surface area contributed by atoms with E-state index < -0.39 is 0 Å². The molecule has 4 nitrogen and oxygen atoms in total. The molecule has 148 valence electrons. The van der Waals surface area contributed by atoms with Crippen molar-refractivity contribution in [3.63, 3.8) is 0 Å². The van der Waals surface area contributed by atoms with E-state index in [9.17, 15) is 4.79 Å². The fraction of sp³-hybridized carbons (Fsp3) is 0.435. The molecule has 0 radical (unpaired) electrons. The van der Waals surface area contributed by atoms with E-state index in [-0.39, 0.29) is 17.6 Å². The smallest absolute Gasteiger partial charge is 0.255 e. The summed E-state index contributed by atoms with van der Waals surface area (Å²) in [6.07, 6.45) is 3.60. The molecule has 1 unspecified atom stereocenters. The third kappa shape index (κ3) is 3.58. The molecule has 2 aliphatic heterocycles. The van der Waals surface area contributed by atoms with Crippen LogP contribution < -0.4 is 10.1 Å². The van der Waals surface area contributed by atoms with Crippen molar-refractivity contribution < 1.29 is 9.53 Å². The highest BCUT2D eigenvalue weighted by molar-refractivity contribution is 9.10. The normalized spacial score (nSPS) is 21.3. The number of nitrogens with zero attached hydrogens (tertiary/aromatic N) is 1. The number of benzene rings is 2. The van der Waals surface area contributed by atoms with Crippen LogP contribution in [0.1, 0.15) is 55.1 Å². The van der Waals surface area contributed by atoms with E-state index in [0.29, 0.717) is 5.56 Å². The zero-order chi connectivity index (χ0) is 19.9. The van der Waals surface area contributed by atoms with Crippen molar-refractivity contribution in [2.75, 3.05) is 18.4 Å². The topological polar surface area (TPSA) is 41.6 Å². The first kappa shape index (κ1) is 19.5. The summed E-state index contributed by atoms with van der Waals surface area (Å²) in [5.41, 5.74) is 4.35. The Balaban J connectivity index is 1.55. The highest BCUT2D eigenvalue weighted by Crippen LogP contribution is 2.43. The summed E-state index contributed by atoms with van der Waals surface area (Å²) in [5.74, 6) is 0.635. The number of rotatable bonds is 4. The molecule has 4 rings (SSSR count). The first-order valence-electron chi connectivity index (χ1n) is 10.0. The average molecular weight is 443 g/mol. The predicted octanol–water partition coefficient (Wildman–Crippen LogP) is 5.36. The number of anilines is 1. The van der Waals surface area contributed by atoms with Crippen LogP contribution in [0.3, 0.4) is 0 Å². The third-order valence-electron chi connectivity index (χ3n) is 5.95. The Hall–Kier alpha value is -1.85. The number of fused-ring (bicyclic) bond motifs is 3. The van der Waals surface area contributed by atoms with E-state index in [2.05, 4.69) is 45.2 Å². The molecule has 1 atom stereocenters. The van der Waals surface area contributed by atoms with Gasteiger partial charge in [0.05, 0.1) is 10.6 Å². The summed E-state index contributed by atoms with van der Waals surface area (Å²) in [6.45, 7) is 8.61. The number of hydrogen-bond donors (Lipinski definition) is 1. The quantitative estimate of drug-likeness (QED) is 0.692. The molecule has 0 saturated carbocycles. The number of carbonyl (C=O) groups is 1. The van der Waals surface area contributed by atoms with Gasteiger partial charge in [-0.3, -0.25) is 9.69 Å². The molecule has 0 aliphatic carbocycles. The van der Waals surface area contributed by atoms with Gasteiger partial charge in [0.15, 0.2) is 0 Å². The second-order valence-electron chi connectivity index (χ2n) is 8.25. The fourth-order valence-electron chi connectivity index (χ4n) is 4.51. The average Bonchev–Trinajstić information content (AvgIpc) is 3.05. The summed E-state index contributed by atoms with van der Waals surface area (Å²) >= 11 is 3.51. The zero-order valence-electron chi connectivity index (χ0n) is 16.7. The van der Waals surface area contributed by atoms with Crippen LogP contribution in [-0.4, -0.2) is 30.0 Å². The highest BCUT2D eigenvalue weighted by atomic mass is 79.9. The number of halogens is 1. The molecule has 2 aromatic rings. The SMILES string of the molecule is CC(C)Oc1ccc(C(=O)Nc2ccc3c(c2)C2(C)CCCN2CC3)cc1Br. The number of ether oxygens (including phenoxy) is 1. The van der Waals surface area contributed by atoms with Gasteiger partial charge in [-0.15, -0.1) is 0 Å². The van der Waals surface area contributed by atoms with E-state index in [1.54, 1.807) is 6.07 Å². The van der Waals surface area contributed by atoms with Crippen molar-refractivity contribution in [1.29, 1.82) is 0 Å². The Morgan fingerprint density at radius 1 is 1.21 bits per heavy atom. The zero-order valence-corrected chi connectivity index (χ0v) is 18.3. The van der Waals surface area contributed by atoms with Crippen LogP contribution in [0.4, 0.5) is 5.69 Å². The molecular formula is C23H27BrN2O2. The van der Waals surface area contributed by atoms with Crippen LogP contribution in [0.2, 0.25) is 0 Å². The minimum absolute atomic E-state index is 0.0861. The maximum atomic E-state index is 12.8. The minimum Gasteiger partial charge on any atom is -0.490 e. The minimum atomic E-state index is -0.110. The van der Waals surface area contributed by atoms with Gasteiger partial charge in [-0.05, 0) is 104 Å². The summed E-state index contributed by atoms with van der Waals surface area (Å²) in [7, 11) is 0. The van der Waals surface area contributed by atoms with Gasteiger partial charge in [0, 0.05) is 23.3 Å². The van der Waals surface area contributed by atoms with E-state index in [0.717, 1.165) is 28.9 Å². The molecule has 28 heavy (non-hydrogen) atoms. The Bertz CT molecular complexity index is 911. The molecule has 1 N–H and O–H groups in total. The maximum absolute atomic E-state index is 12.8. The lowest BCUT2D eigenvalue weighted by atomic mass is 9.81. The molecule has 1 amide bonds. The molecule has 2 heterocycles. The monoisotopic (exact) mass is 442 g/mol. The Kier molecular flexibility index (Phi) is 5.23. The lowest BCUT2D eigenvalue weighted by Crippen LogP contribution is -2.44. The highest BCUT2D eigenvalue weighted by Gasteiger charge is 2.41. The first-order chi connectivity index (χ1) is 13.4. The first-order valence-corrected chi connectivity index (χ1v) is 10.8. The van der Waals surface area contributed by atoms with Crippen molar-refractivity contribution in [3.8, 4) is 5.75 Å². The van der Waals surface area contributed by atoms with Crippen molar-refractivity contribution in [2.24, 2.45) is 0 Å². The van der Waals surface area contributed by atoms with Gasteiger partial charge in [0.2, 0.25) is 0 Å². The van der Waals surface area contributed by atoms with E-state index in [4.69, 9.17) is 4.74 Å². The summed E-state index contributed by atoms with van der Waals surface area (Å²) < 4.78 is 6.51. The number of hydrogen-bond acceptors (Lipinski definition) is 3. The van der Waals surface area contributed by atoms with E-state index in [1.807, 2.05) is 32.0 Å². The van der Waals surface area contributed by atoms with Gasteiger partial charge in [-0.1, -0.05) is 6.07 Å². The summed E-state index contributed by atoms with van der Waals surface area (Å²) in [6, 6.07) is 11.8. The van der Waals surface area contributed by atoms with Gasteiger partial charge < -0.3 is 10.1 Å². The van der Waals surface area contributed by atoms with Crippen molar-refractivity contribution >= 4 is 27.5 Å². The van der Waals surface area contributed by atoms with Crippen molar-refractivity contribution in [3.05, 3.63) is 57.6 Å².